The molecule has 0 amide bonds. The Bertz CT molecular complexity index is 1330. The Morgan fingerprint density at radius 3 is 2.82 bits per heavy atom. The van der Waals surface area contributed by atoms with E-state index in [4.69, 9.17) is 4.98 Å². The van der Waals surface area contributed by atoms with E-state index in [9.17, 15) is 0 Å². The average Bonchev–Trinajstić information content (AvgIpc) is 3.47. The van der Waals surface area contributed by atoms with Gasteiger partial charge in [-0.1, -0.05) is 36.4 Å². The molecule has 0 radical (unpaired) electrons. The summed E-state index contributed by atoms with van der Waals surface area (Å²) in [5.41, 5.74) is 15.6. The number of hydrogen-bond donors (Lipinski definition) is 4. The van der Waals surface area contributed by atoms with Gasteiger partial charge in [0.25, 0.3) is 0 Å². The minimum absolute atomic E-state index is 0.179. The minimum atomic E-state index is 0.179. The average molecular weight is 437 g/mol. The number of imidazole rings is 1. The first-order chi connectivity index (χ1) is 16.3. The van der Waals surface area contributed by atoms with Crippen LogP contribution in [-0.2, 0) is 13.1 Å². The van der Waals surface area contributed by atoms with Crippen molar-refractivity contribution in [3.05, 3.63) is 83.4 Å². The Morgan fingerprint density at radius 2 is 1.82 bits per heavy atom. The van der Waals surface area contributed by atoms with Crippen LogP contribution >= 0.6 is 0 Å². The van der Waals surface area contributed by atoms with Gasteiger partial charge in [0.05, 0.1) is 17.1 Å². The van der Waals surface area contributed by atoms with E-state index in [-0.39, 0.29) is 6.04 Å². The zero-order valence-electron chi connectivity index (χ0n) is 18.5. The second kappa shape index (κ2) is 7.76. The van der Waals surface area contributed by atoms with Crippen LogP contribution in [0.15, 0.2) is 60.9 Å². The molecule has 4 unspecified atom stereocenters. The molecule has 4 atom stereocenters. The van der Waals surface area contributed by atoms with Gasteiger partial charge in [-0.05, 0) is 65.5 Å². The Labute approximate surface area is 193 Å². The third kappa shape index (κ3) is 3.37. The number of rotatable bonds is 0. The van der Waals surface area contributed by atoms with Gasteiger partial charge in [-0.25, -0.2) is 10.4 Å². The van der Waals surface area contributed by atoms with Crippen molar-refractivity contribution in [3.8, 4) is 11.1 Å². The van der Waals surface area contributed by atoms with Gasteiger partial charge in [0.15, 0.2) is 0 Å². The molecule has 1 aliphatic carbocycles. The smallest absolute Gasteiger partial charge is 0.126 e. The van der Waals surface area contributed by atoms with Crippen molar-refractivity contribution >= 4 is 11.0 Å². The summed E-state index contributed by atoms with van der Waals surface area (Å²) in [6, 6.07) is 18.3. The molecule has 6 heteroatoms. The van der Waals surface area contributed by atoms with Crippen LogP contribution in [0, 0.1) is 5.92 Å². The van der Waals surface area contributed by atoms with E-state index in [1.165, 1.54) is 40.7 Å². The lowest BCUT2D eigenvalue weighted by molar-refractivity contribution is 0.274. The van der Waals surface area contributed by atoms with E-state index in [1.54, 1.807) is 0 Å². The predicted octanol–water partition coefficient (Wildman–Crippen LogP) is 4.33. The highest BCUT2D eigenvalue weighted by Gasteiger charge is 2.42. The highest BCUT2D eigenvalue weighted by molar-refractivity contribution is 5.92. The second-order valence-corrected chi connectivity index (χ2v) is 9.80. The monoisotopic (exact) mass is 436 g/mol. The predicted molar refractivity (Wildman–Crippen MR) is 129 cm³/mol. The van der Waals surface area contributed by atoms with Crippen LogP contribution in [0.3, 0.4) is 0 Å². The highest BCUT2D eigenvalue weighted by atomic mass is 15.4. The molecule has 2 aromatic heterocycles. The van der Waals surface area contributed by atoms with Crippen molar-refractivity contribution in [1.29, 1.82) is 0 Å². The number of aromatic amines is 1. The number of hydrogen-bond acceptors (Lipinski definition) is 5. The normalized spacial score (nSPS) is 26.4. The maximum absolute atomic E-state index is 5.16. The maximum atomic E-state index is 5.16. The first-order valence-electron chi connectivity index (χ1n) is 12.1. The molecule has 4 heterocycles. The van der Waals surface area contributed by atoms with Gasteiger partial charge in [0, 0.05) is 37.1 Å². The van der Waals surface area contributed by atoms with Gasteiger partial charge in [0.2, 0.25) is 0 Å². The largest absolute Gasteiger partial charge is 0.341 e. The number of nitrogens with one attached hydrogen (secondary N) is 4. The highest BCUT2D eigenvalue weighted by Crippen LogP contribution is 2.44. The van der Waals surface area contributed by atoms with E-state index in [1.807, 2.05) is 6.20 Å². The van der Waals surface area contributed by atoms with Crippen molar-refractivity contribution in [3.63, 3.8) is 0 Å². The van der Waals surface area contributed by atoms with E-state index < -0.39 is 0 Å². The Morgan fingerprint density at radius 1 is 0.879 bits per heavy atom. The van der Waals surface area contributed by atoms with Crippen molar-refractivity contribution in [2.75, 3.05) is 0 Å². The first kappa shape index (κ1) is 19.4. The van der Waals surface area contributed by atoms with Crippen LogP contribution in [0.1, 0.15) is 53.7 Å². The third-order valence-corrected chi connectivity index (χ3v) is 7.76. The number of nitrogens with zero attached hydrogens (tertiary/aromatic N) is 2. The molecule has 33 heavy (non-hydrogen) atoms. The number of pyridine rings is 1. The first-order valence-corrected chi connectivity index (χ1v) is 12.1. The van der Waals surface area contributed by atoms with Crippen molar-refractivity contribution in [1.82, 2.24) is 31.1 Å². The SMILES string of the molecule is c1cc2cc(c1)-c1cccc3[nH]c(nc13)C1NNC3CCC(CC31)c1cncc(c1)CNC2. The molecular weight excluding hydrogens is 408 g/mol. The molecule has 8 bridgehead atoms. The number of aromatic nitrogens is 3. The number of benzene rings is 2. The van der Waals surface area contributed by atoms with Crippen LogP contribution in [0.25, 0.3) is 22.2 Å². The summed E-state index contributed by atoms with van der Waals surface area (Å²) in [4.78, 5) is 13.4. The summed E-state index contributed by atoms with van der Waals surface area (Å²) >= 11 is 0. The lowest BCUT2D eigenvalue weighted by Gasteiger charge is -2.33. The Kier molecular flexibility index (Phi) is 4.57. The molecule has 2 aliphatic heterocycles. The van der Waals surface area contributed by atoms with Gasteiger partial charge in [0.1, 0.15) is 5.82 Å². The molecule has 4 aromatic rings. The third-order valence-electron chi connectivity index (χ3n) is 7.76. The lowest BCUT2D eigenvalue weighted by atomic mass is 9.73. The molecule has 4 N–H and O–H groups in total. The van der Waals surface area contributed by atoms with Crippen molar-refractivity contribution in [2.45, 2.75) is 50.4 Å². The van der Waals surface area contributed by atoms with Gasteiger partial charge in [-0.15, -0.1) is 0 Å². The molecular formula is C27H28N6. The maximum Gasteiger partial charge on any atom is 0.126 e. The molecule has 3 aliphatic rings. The van der Waals surface area contributed by atoms with Gasteiger partial charge in [-0.3, -0.25) is 10.4 Å². The summed E-state index contributed by atoms with van der Waals surface area (Å²) in [5, 5.41) is 3.62. The number of H-pyrrole nitrogens is 1. The number of fused-ring (bicyclic) bond motifs is 9. The zero-order chi connectivity index (χ0) is 21.8. The molecule has 0 spiro atoms. The van der Waals surface area contributed by atoms with Crippen LogP contribution in [0.2, 0.25) is 0 Å². The zero-order valence-corrected chi connectivity index (χ0v) is 18.5. The molecule has 1 saturated carbocycles. The van der Waals surface area contributed by atoms with Crippen LogP contribution in [0.5, 0.6) is 0 Å². The summed E-state index contributed by atoms with van der Waals surface area (Å²) in [7, 11) is 0. The van der Waals surface area contributed by atoms with Crippen LogP contribution in [-0.4, -0.2) is 21.0 Å². The quantitative estimate of drug-likeness (QED) is 0.330. The van der Waals surface area contributed by atoms with E-state index >= 15 is 0 Å². The van der Waals surface area contributed by atoms with Crippen LogP contribution < -0.4 is 16.2 Å². The summed E-state index contributed by atoms with van der Waals surface area (Å²) in [5.74, 6) is 2.06. The minimum Gasteiger partial charge on any atom is -0.341 e. The number of para-hydroxylation sites is 1. The van der Waals surface area contributed by atoms with Gasteiger partial charge in [-0.2, -0.15) is 0 Å². The van der Waals surface area contributed by atoms with Crippen LogP contribution in [0.4, 0.5) is 0 Å². The Balaban J connectivity index is 1.37. The summed E-state index contributed by atoms with van der Waals surface area (Å²) in [6.45, 7) is 1.65. The molecule has 1 saturated heterocycles. The molecule has 2 fully saturated rings. The van der Waals surface area contributed by atoms with E-state index in [2.05, 4.69) is 80.9 Å². The van der Waals surface area contributed by atoms with E-state index in [0.29, 0.717) is 17.9 Å². The fraction of sp³-hybridized carbons (Fsp3) is 0.333. The Hall–Kier alpha value is -3.06. The fourth-order valence-electron chi connectivity index (χ4n) is 6.09. The fourth-order valence-corrected chi connectivity index (χ4v) is 6.09. The van der Waals surface area contributed by atoms with Gasteiger partial charge < -0.3 is 10.3 Å². The molecule has 166 valence electrons. The summed E-state index contributed by atoms with van der Waals surface area (Å²) < 4.78 is 0. The molecule has 6 nitrogen and oxygen atoms in total. The van der Waals surface area contributed by atoms with Crippen molar-refractivity contribution in [2.24, 2.45) is 5.92 Å². The molecule has 2 aromatic carbocycles. The summed E-state index contributed by atoms with van der Waals surface area (Å²) in [6.07, 6.45) is 7.57. The number of hydrazine groups is 1. The topological polar surface area (TPSA) is 77.7 Å². The standard InChI is InChI=1S/C27H28N6/c1-3-16-9-19(4-1)21-5-2-6-24-25(21)31-27(30-24)26-22-11-18(7-8-23(22)32-33-26)20-10-17(13-28-12-16)14-29-15-20/h1-6,9-10,14-15,18,22-23,26,28,32-33H,7-8,11-13H2,(H,30,31). The molecule has 7 rings (SSSR count). The van der Waals surface area contributed by atoms with Gasteiger partial charge >= 0.3 is 0 Å². The van der Waals surface area contributed by atoms with Crippen molar-refractivity contribution < 1.29 is 0 Å². The lowest BCUT2D eigenvalue weighted by Crippen LogP contribution is -2.34. The van der Waals surface area contributed by atoms with E-state index in [0.717, 1.165) is 36.4 Å². The second-order valence-electron chi connectivity index (χ2n) is 9.80.